The van der Waals surface area contributed by atoms with Crippen LogP contribution in [0.15, 0.2) is 65.6 Å². The van der Waals surface area contributed by atoms with Gasteiger partial charge in [0.05, 0.1) is 24.7 Å². The van der Waals surface area contributed by atoms with Gasteiger partial charge in [-0.3, -0.25) is 4.79 Å². The van der Waals surface area contributed by atoms with Crippen molar-refractivity contribution >= 4 is 27.3 Å². The van der Waals surface area contributed by atoms with E-state index in [-0.39, 0.29) is 10.8 Å². The number of thiophene rings is 1. The monoisotopic (exact) mass is 498 g/mol. The number of nitrogens with zero attached hydrogens (tertiary/aromatic N) is 2. The van der Waals surface area contributed by atoms with Gasteiger partial charge in [0.15, 0.2) is 0 Å². The van der Waals surface area contributed by atoms with Gasteiger partial charge in [-0.1, -0.05) is 36.4 Å². The zero-order valence-corrected chi connectivity index (χ0v) is 21.2. The van der Waals surface area contributed by atoms with E-state index in [9.17, 15) is 13.2 Å². The quantitative estimate of drug-likeness (QED) is 0.465. The molecule has 6 nitrogen and oxygen atoms in total. The van der Waals surface area contributed by atoms with Gasteiger partial charge in [0.2, 0.25) is 10.0 Å². The Morgan fingerprint density at radius 3 is 2.44 bits per heavy atom. The number of carbonyl (C=O) groups is 1. The molecule has 0 unspecified atom stereocenters. The van der Waals surface area contributed by atoms with Crippen molar-refractivity contribution in [1.82, 2.24) is 9.21 Å². The molecule has 0 saturated carbocycles. The molecule has 0 spiro atoms. The Balaban J connectivity index is 1.62. The minimum atomic E-state index is -3.69. The van der Waals surface area contributed by atoms with Crippen molar-refractivity contribution in [2.75, 3.05) is 32.8 Å². The lowest BCUT2D eigenvalue weighted by Gasteiger charge is -2.27. The van der Waals surface area contributed by atoms with Crippen LogP contribution >= 0.6 is 11.3 Å². The van der Waals surface area contributed by atoms with Gasteiger partial charge in [0.1, 0.15) is 0 Å². The van der Waals surface area contributed by atoms with Gasteiger partial charge in [-0.25, -0.2) is 8.42 Å². The molecule has 2 aromatic carbocycles. The van der Waals surface area contributed by atoms with E-state index in [0.29, 0.717) is 45.0 Å². The summed E-state index contributed by atoms with van der Waals surface area (Å²) >= 11 is 1.67. The highest BCUT2D eigenvalue weighted by molar-refractivity contribution is 7.89. The first kappa shape index (κ1) is 24.6. The van der Waals surface area contributed by atoms with Crippen molar-refractivity contribution in [1.29, 1.82) is 0 Å². The molecule has 0 atom stereocenters. The highest BCUT2D eigenvalue weighted by Gasteiger charge is 2.28. The molecule has 180 valence electrons. The van der Waals surface area contributed by atoms with Crippen molar-refractivity contribution in [3.63, 3.8) is 0 Å². The number of aryl methyl sites for hydroxylation is 2. The summed E-state index contributed by atoms with van der Waals surface area (Å²) < 4.78 is 33.1. The van der Waals surface area contributed by atoms with Gasteiger partial charge >= 0.3 is 0 Å². The van der Waals surface area contributed by atoms with Gasteiger partial charge in [0, 0.05) is 35.0 Å². The molecule has 0 bridgehead atoms. The third-order valence-electron chi connectivity index (χ3n) is 5.99. The molecule has 1 aliphatic heterocycles. The molecule has 0 N–H and O–H groups in total. The first-order valence-corrected chi connectivity index (χ1v) is 13.7. The van der Waals surface area contributed by atoms with E-state index < -0.39 is 10.0 Å². The number of amides is 1. The van der Waals surface area contributed by atoms with Crippen LogP contribution in [0.5, 0.6) is 0 Å². The first-order valence-electron chi connectivity index (χ1n) is 11.4. The van der Waals surface area contributed by atoms with E-state index >= 15 is 0 Å². The molecule has 0 radical (unpaired) electrons. The number of benzene rings is 2. The predicted molar refractivity (Wildman–Crippen MR) is 135 cm³/mol. The SMILES string of the molecule is Cc1ccc(CN(CCc2ccccc2)C(=O)c2cc(S(=O)(=O)N3CCOCC3)ccc2C)s1. The van der Waals surface area contributed by atoms with E-state index in [2.05, 4.69) is 31.2 Å². The first-order chi connectivity index (χ1) is 16.3. The fourth-order valence-electron chi connectivity index (χ4n) is 4.02. The third-order valence-corrected chi connectivity index (χ3v) is 8.87. The Labute approximate surface area is 205 Å². The molecule has 0 aliphatic carbocycles. The maximum atomic E-state index is 13.8. The van der Waals surface area contributed by atoms with Crippen LogP contribution in [0.25, 0.3) is 0 Å². The minimum Gasteiger partial charge on any atom is -0.379 e. The summed E-state index contributed by atoms with van der Waals surface area (Å²) in [4.78, 5) is 18.0. The van der Waals surface area contributed by atoms with Crippen LogP contribution in [0.2, 0.25) is 0 Å². The number of sulfonamides is 1. The molecule has 3 aromatic rings. The van der Waals surface area contributed by atoms with Gasteiger partial charge < -0.3 is 9.64 Å². The zero-order valence-electron chi connectivity index (χ0n) is 19.6. The van der Waals surface area contributed by atoms with E-state index in [0.717, 1.165) is 22.4 Å². The summed E-state index contributed by atoms with van der Waals surface area (Å²) in [7, 11) is -3.69. The van der Waals surface area contributed by atoms with Gasteiger partial charge in [-0.15, -0.1) is 11.3 Å². The maximum absolute atomic E-state index is 13.8. The number of ether oxygens (including phenoxy) is 1. The molecule has 8 heteroatoms. The molecule has 2 heterocycles. The highest BCUT2D eigenvalue weighted by atomic mass is 32.2. The Morgan fingerprint density at radius 2 is 1.76 bits per heavy atom. The molecular formula is C26H30N2O4S2. The number of rotatable bonds is 8. The highest BCUT2D eigenvalue weighted by Crippen LogP contribution is 2.24. The standard InChI is InChI=1S/C26H30N2O4S2/c1-20-8-11-24(34(30,31)28-14-16-32-17-15-28)18-25(20)26(29)27(19-23-10-9-21(2)33-23)13-12-22-6-4-3-5-7-22/h3-11,18H,12-17,19H2,1-2H3. The summed E-state index contributed by atoms with van der Waals surface area (Å²) in [6.45, 7) is 6.33. The lowest BCUT2D eigenvalue weighted by atomic mass is 10.1. The molecule has 1 amide bonds. The Kier molecular flexibility index (Phi) is 7.83. The van der Waals surface area contributed by atoms with Crippen LogP contribution in [0.4, 0.5) is 0 Å². The molecule has 1 aromatic heterocycles. The summed E-state index contributed by atoms with van der Waals surface area (Å²) in [5.41, 5.74) is 2.34. The van der Waals surface area contributed by atoms with Crippen LogP contribution in [-0.4, -0.2) is 56.4 Å². The van der Waals surface area contributed by atoms with E-state index in [1.807, 2.05) is 30.0 Å². The number of hydrogen-bond donors (Lipinski definition) is 0. The number of carbonyl (C=O) groups excluding carboxylic acids is 1. The summed E-state index contributed by atoms with van der Waals surface area (Å²) in [5, 5.41) is 0. The van der Waals surface area contributed by atoms with Gasteiger partial charge in [-0.2, -0.15) is 4.31 Å². The molecule has 1 fully saturated rings. The predicted octanol–water partition coefficient (Wildman–Crippen LogP) is 4.27. The van der Waals surface area contributed by atoms with Crippen LogP contribution in [0, 0.1) is 13.8 Å². The molecule has 4 rings (SSSR count). The Hall–Kier alpha value is -2.52. The van der Waals surface area contributed by atoms with E-state index in [4.69, 9.17) is 4.74 Å². The Bertz CT molecular complexity index is 1230. The van der Waals surface area contributed by atoms with Crippen LogP contribution in [0.3, 0.4) is 0 Å². The fourth-order valence-corrected chi connectivity index (χ4v) is 6.36. The van der Waals surface area contributed by atoms with Crippen molar-refractivity contribution in [3.8, 4) is 0 Å². The molecule has 1 aliphatic rings. The molecule has 1 saturated heterocycles. The average Bonchev–Trinajstić information content (AvgIpc) is 3.27. The van der Waals surface area contributed by atoms with Crippen molar-refractivity contribution in [2.24, 2.45) is 0 Å². The minimum absolute atomic E-state index is 0.151. The van der Waals surface area contributed by atoms with E-state index in [1.165, 1.54) is 15.2 Å². The van der Waals surface area contributed by atoms with Crippen molar-refractivity contribution < 1.29 is 17.9 Å². The zero-order chi connectivity index (χ0) is 24.1. The van der Waals surface area contributed by atoms with E-state index in [1.54, 1.807) is 23.5 Å². The second-order valence-electron chi connectivity index (χ2n) is 8.47. The summed E-state index contributed by atoms with van der Waals surface area (Å²) in [6.07, 6.45) is 0.724. The molecular weight excluding hydrogens is 468 g/mol. The van der Waals surface area contributed by atoms with Crippen molar-refractivity contribution in [2.45, 2.75) is 31.7 Å². The van der Waals surface area contributed by atoms with Crippen LogP contribution < -0.4 is 0 Å². The van der Waals surface area contributed by atoms with Gasteiger partial charge in [0.25, 0.3) is 5.91 Å². The molecule has 34 heavy (non-hydrogen) atoms. The fraction of sp³-hybridized carbons (Fsp3) is 0.346. The van der Waals surface area contributed by atoms with Crippen molar-refractivity contribution in [3.05, 3.63) is 87.1 Å². The summed E-state index contributed by atoms with van der Waals surface area (Å²) in [6, 6.07) is 19.0. The van der Waals surface area contributed by atoms with Crippen LogP contribution in [0.1, 0.15) is 31.2 Å². The van der Waals surface area contributed by atoms with Gasteiger partial charge in [-0.05, 0) is 55.7 Å². The number of hydrogen-bond acceptors (Lipinski definition) is 5. The number of morpholine rings is 1. The second-order valence-corrected chi connectivity index (χ2v) is 11.8. The summed E-state index contributed by atoms with van der Waals surface area (Å²) in [5.74, 6) is -0.154. The maximum Gasteiger partial charge on any atom is 0.254 e. The topological polar surface area (TPSA) is 66.9 Å². The normalized spacial score (nSPS) is 14.8. The average molecular weight is 499 g/mol. The lowest BCUT2D eigenvalue weighted by Crippen LogP contribution is -2.40. The lowest BCUT2D eigenvalue weighted by molar-refractivity contribution is 0.0729. The Morgan fingerprint density at radius 1 is 1.03 bits per heavy atom. The largest absolute Gasteiger partial charge is 0.379 e. The second kappa shape index (κ2) is 10.8. The van der Waals surface area contributed by atoms with Crippen LogP contribution in [-0.2, 0) is 27.7 Å². The third kappa shape index (κ3) is 5.75. The smallest absolute Gasteiger partial charge is 0.254 e.